The highest BCUT2D eigenvalue weighted by Gasteiger charge is 2.35. The Bertz CT molecular complexity index is 1110. The van der Waals surface area contributed by atoms with Crippen molar-refractivity contribution < 1.29 is 17.9 Å². The molecule has 1 heterocycles. The Morgan fingerprint density at radius 1 is 1.09 bits per heavy atom. The molecular formula is C28H36F3N3O. The smallest absolute Gasteiger partial charge is 0.416 e. The van der Waals surface area contributed by atoms with Crippen LogP contribution in [0, 0.1) is 6.92 Å². The lowest BCUT2D eigenvalue weighted by Gasteiger charge is -2.22. The van der Waals surface area contributed by atoms with Gasteiger partial charge in [0, 0.05) is 18.9 Å². The van der Waals surface area contributed by atoms with Crippen LogP contribution in [0.3, 0.4) is 0 Å². The molecule has 1 aromatic heterocycles. The van der Waals surface area contributed by atoms with Gasteiger partial charge in [-0.1, -0.05) is 32.9 Å². The number of alkyl halides is 3. The summed E-state index contributed by atoms with van der Waals surface area (Å²) < 4.78 is 50.0. The van der Waals surface area contributed by atoms with Crippen LogP contribution in [0.5, 0.6) is 5.75 Å². The predicted octanol–water partition coefficient (Wildman–Crippen LogP) is 7.00. The van der Waals surface area contributed by atoms with Crippen molar-refractivity contribution in [2.75, 3.05) is 27.2 Å². The topological polar surface area (TPSA) is 30.3 Å². The Labute approximate surface area is 206 Å². The van der Waals surface area contributed by atoms with E-state index in [1.54, 1.807) is 29.4 Å². The molecule has 0 saturated heterocycles. The monoisotopic (exact) mass is 487 g/mol. The summed E-state index contributed by atoms with van der Waals surface area (Å²) in [5, 5.41) is 0. The van der Waals surface area contributed by atoms with Crippen molar-refractivity contribution in [1.82, 2.24) is 14.5 Å². The van der Waals surface area contributed by atoms with Crippen molar-refractivity contribution in [2.24, 2.45) is 0 Å². The van der Waals surface area contributed by atoms with Gasteiger partial charge in [0.2, 0.25) is 0 Å². The zero-order chi connectivity index (χ0) is 25.8. The minimum Gasteiger partial charge on any atom is -0.493 e. The molecule has 1 atom stereocenters. The average molecular weight is 488 g/mol. The Hall–Kier alpha value is -2.80. The molecule has 7 heteroatoms. The van der Waals surface area contributed by atoms with E-state index in [-0.39, 0.29) is 18.3 Å². The molecule has 0 aliphatic carbocycles. The lowest BCUT2D eigenvalue weighted by atomic mass is 9.87. The van der Waals surface area contributed by atoms with Gasteiger partial charge in [-0.2, -0.15) is 13.2 Å². The summed E-state index contributed by atoms with van der Waals surface area (Å²) in [6.45, 7) is 9.34. The maximum Gasteiger partial charge on any atom is 0.416 e. The first-order valence-electron chi connectivity index (χ1n) is 12.1. The molecular weight excluding hydrogens is 451 g/mol. The Morgan fingerprint density at radius 3 is 2.40 bits per heavy atom. The fourth-order valence-electron chi connectivity index (χ4n) is 4.32. The van der Waals surface area contributed by atoms with Crippen LogP contribution in [-0.4, -0.2) is 41.7 Å². The highest BCUT2D eigenvalue weighted by atomic mass is 19.4. The van der Waals surface area contributed by atoms with Crippen LogP contribution < -0.4 is 4.74 Å². The molecule has 0 aliphatic rings. The number of ether oxygens (including phenoxy) is 1. The van der Waals surface area contributed by atoms with Crippen LogP contribution in [0.1, 0.15) is 66.8 Å². The van der Waals surface area contributed by atoms with Crippen LogP contribution >= 0.6 is 0 Å². The third kappa shape index (κ3) is 6.88. The maximum absolute atomic E-state index is 14.1. The van der Waals surface area contributed by atoms with Crippen LogP contribution in [0.2, 0.25) is 0 Å². The van der Waals surface area contributed by atoms with Crippen molar-refractivity contribution in [3.8, 4) is 11.4 Å². The summed E-state index contributed by atoms with van der Waals surface area (Å²) >= 11 is 0. The van der Waals surface area contributed by atoms with E-state index >= 15 is 0 Å². The molecule has 190 valence electrons. The molecule has 0 N–H and O–H groups in total. The van der Waals surface area contributed by atoms with E-state index < -0.39 is 11.7 Å². The van der Waals surface area contributed by atoms with Crippen LogP contribution in [0.15, 0.2) is 49.1 Å². The van der Waals surface area contributed by atoms with E-state index in [1.807, 2.05) is 60.0 Å². The molecule has 3 aromatic rings. The summed E-state index contributed by atoms with van der Waals surface area (Å²) in [6, 6.07) is 8.92. The molecule has 35 heavy (non-hydrogen) atoms. The minimum absolute atomic E-state index is 0.0621. The second-order valence-corrected chi connectivity index (χ2v) is 9.83. The number of imidazole rings is 1. The number of hydrogen-bond acceptors (Lipinski definition) is 3. The van der Waals surface area contributed by atoms with Crippen molar-refractivity contribution >= 4 is 0 Å². The van der Waals surface area contributed by atoms with Crippen LogP contribution in [0.4, 0.5) is 13.2 Å². The van der Waals surface area contributed by atoms with E-state index in [0.29, 0.717) is 17.7 Å². The summed E-state index contributed by atoms with van der Waals surface area (Å²) in [5.41, 5.74) is 3.11. The Morgan fingerprint density at radius 2 is 1.83 bits per heavy atom. The van der Waals surface area contributed by atoms with Crippen LogP contribution in [-0.2, 0) is 12.6 Å². The number of benzene rings is 2. The molecule has 0 radical (unpaired) electrons. The summed E-state index contributed by atoms with van der Waals surface area (Å²) in [7, 11) is 4.06. The number of hydrogen-bond donors (Lipinski definition) is 0. The number of nitrogens with zero attached hydrogens (tertiary/aromatic N) is 3. The molecule has 0 saturated carbocycles. The van der Waals surface area contributed by atoms with Gasteiger partial charge in [0.1, 0.15) is 5.75 Å². The second-order valence-electron chi connectivity index (χ2n) is 9.83. The summed E-state index contributed by atoms with van der Waals surface area (Å²) in [5.74, 6) is 0.658. The fourth-order valence-corrected chi connectivity index (χ4v) is 4.32. The zero-order valence-corrected chi connectivity index (χ0v) is 21.5. The third-order valence-corrected chi connectivity index (χ3v) is 6.26. The normalized spacial score (nSPS) is 13.0. The number of rotatable bonds is 10. The van der Waals surface area contributed by atoms with Crippen molar-refractivity contribution in [1.29, 1.82) is 0 Å². The number of aromatic nitrogens is 2. The third-order valence-electron chi connectivity index (χ3n) is 6.26. The first kappa shape index (κ1) is 26.8. The molecule has 0 unspecified atom stereocenters. The predicted molar refractivity (Wildman–Crippen MR) is 135 cm³/mol. The molecule has 0 spiro atoms. The number of halogens is 3. The first-order valence-corrected chi connectivity index (χ1v) is 12.1. The van der Waals surface area contributed by atoms with Gasteiger partial charge in [0.15, 0.2) is 0 Å². The first-order chi connectivity index (χ1) is 16.5. The van der Waals surface area contributed by atoms with E-state index in [1.165, 1.54) is 6.07 Å². The minimum atomic E-state index is -4.42. The molecule has 0 aliphatic heterocycles. The van der Waals surface area contributed by atoms with Gasteiger partial charge in [-0.25, -0.2) is 4.98 Å². The highest BCUT2D eigenvalue weighted by Crippen LogP contribution is 2.39. The average Bonchev–Trinajstić information content (AvgIpc) is 3.31. The fraction of sp³-hybridized carbons (Fsp3) is 0.464. The summed E-state index contributed by atoms with van der Waals surface area (Å²) in [4.78, 5) is 6.20. The largest absolute Gasteiger partial charge is 0.493 e. The lowest BCUT2D eigenvalue weighted by molar-refractivity contribution is -0.138. The highest BCUT2D eigenvalue weighted by molar-refractivity contribution is 5.51. The van der Waals surface area contributed by atoms with E-state index in [4.69, 9.17) is 4.74 Å². The van der Waals surface area contributed by atoms with Crippen molar-refractivity contribution in [3.63, 3.8) is 0 Å². The second kappa shape index (κ2) is 11.3. The standard InChI is InChI=1S/C28H36F3N3O/c1-19(2)24-17-25(28(29,30)31)23(16-26(24)34-12-10-32-18-34)14-20(3)22-8-9-27(21(4)15-22)35-13-7-11-33(5)6/h8-10,12,15-20H,7,11,13-14H2,1-6H3/t20-/m0/s1. The molecule has 4 nitrogen and oxygen atoms in total. The quantitative estimate of drug-likeness (QED) is 0.289. The zero-order valence-electron chi connectivity index (χ0n) is 21.5. The van der Waals surface area contributed by atoms with Gasteiger partial charge in [-0.3, -0.25) is 0 Å². The summed E-state index contributed by atoms with van der Waals surface area (Å²) in [6.07, 6.45) is 1.81. The van der Waals surface area contributed by atoms with Gasteiger partial charge in [0.05, 0.1) is 24.2 Å². The van der Waals surface area contributed by atoms with Gasteiger partial charge >= 0.3 is 6.18 Å². The van der Waals surface area contributed by atoms with E-state index in [9.17, 15) is 13.2 Å². The van der Waals surface area contributed by atoms with Crippen molar-refractivity contribution in [2.45, 2.75) is 58.5 Å². The van der Waals surface area contributed by atoms with Crippen LogP contribution in [0.25, 0.3) is 5.69 Å². The number of aryl methyl sites for hydroxylation is 1. The van der Waals surface area contributed by atoms with E-state index in [2.05, 4.69) is 9.88 Å². The lowest BCUT2D eigenvalue weighted by Crippen LogP contribution is -2.15. The van der Waals surface area contributed by atoms with Crippen molar-refractivity contribution in [3.05, 3.63) is 76.9 Å². The molecule has 0 fully saturated rings. The van der Waals surface area contributed by atoms with E-state index in [0.717, 1.165) is 35.5 Å². The maximum atomic E-state index is 14.1. The molecule has 3 rings (SSSR count). The van der Waals surface area contributed by atoms with Gasteiger partial charge < -0.3 is 14.2 Å². The Balaban J connectivity index is 1.88. The Kier molecular flexibility index (Phi) is 8.65. The SMILES string of the molecule is Cc1cc([C@@H](C)Cc2cc(-n3ccnc3)c(C(C)C)cc2C(F)(F)F)ccc1OCCCN(C)C. The molecule has 0 bridgehead atoms. The molecule has 0 amide bonds. The van der Waals surface area contributed by atoms with Gasteiger partial charge in [0.25, 0.3) is 0 Å². The van der Waals surface area contributed by atoms with Gasteiger partial charge in [-0.15, -0.1) is 0 Å². The van der Waals surface area contributed by atoms with Gasteiger partial charge in [-0.05, 0) is 86.1 Å². The molecule has 2 aromatic carbocycles.